The fourth-order valence-corrected chi connectivity index (χ4v) is 2.18. The molecule has 1 amide bonds. The molecule has 0 atom stereocenters. The minimum atomic E-state index is -1.20. The minimum absolute atomic E-state index is 0.0642. The highest BCUT2D eigenvalue weighted by molar-refractivity contribution is 7.13. The van der Waals surface area contributed by atoms with E-state index in [2.05, 4.69) is 4.98 Å². The van der Waals surface area contributed by atoms with Gasteiger partial charge in [-0.25, -0.2) is 20.6 Å². The van der Waals surface area contributed by atoms with Crippen LogP contribution in [0.25, 0.3) is 0 Å². The number of amides is 1. The second kappa shape index (κ2) is 6.46. The average Bonchev–Trinajstić information content (AvgIpc) is 2.77. The van der Waals surface area contributed by atoms with E-state index >= 15 is 0 Å². The van der Waals surface area contributed by atoms with Crippen LogP contribution >= 0.6 is 11.3 Å². The lowest BCUT2D eigenvalue weighted by Crippen LogP contribution is -2.37. The van der Waals surface area contributed by atoms with Crippen LogP contribution in [0.4, 0.5) is 4.79 Å². The Morgan fingerprint density at radius 3 is 2.72 bits per heavy atom. The largest absolute Gasteiger partial charge is 0.464 e. The molecule has 1 heterocycles. The summed E-state index contributed by atoms with van der Waals surface area (Å²) >= 11 is 1.39. The Balaban J connectivity index is 2.43. The van der Waals surface area contributed by atoms with Crippen LogP contribution in [0.3, 0.4) is 0 Å². The van der Waals surface area contributed by atoms with E-state index in [4.69, 9.17) is 10.9 Å². The number of nitrogens with two attached hydrogens (primary N) is 1. The van der Waals surface area contributed by atoms with Crippen LogP contribution in [0.15, 0.2) is 6.20 Å². The molecule has 0 aliphatic rings. The van der Waals surface area contributed by atoms with Gasteiger partial charge in [0, 0.05) is 24.0 Å². The summed E-state index contributed by atoms with van der Waals surface area (Å²) in [4.78, 5) is 27.4. The number of thiazole rings is 1. The molecule has 0 spiro atoms. The molecular formula is C11H17N3O3S. The summed E-state index contributed by atoms with van der Waals surface area (Å²) in [6, 6.07) is 0. The number of carbonyl (C=O) groups excluding carboxylic acids is 1. The Bertz CT molecular complexity index is 431. The lowest BCUT2D eigenvalue weighted by Gasteiger charge is -2.10. The lowest BCUT2D eigenvalue weighted by molar-refractivity contribution is 0.0970. The third kappa shape index (κ3) is 4.08. The van der Waals surface area contributed by atoms with Crippen molar-refractivity contribution in [2.75, 3.05) is 6.54 Å². The molecule has 0 saturated heterocycles. The molecule has 1 rings (SSSR count). The van der Waals surface area contributed by atoms with Crippen molar-refractivity contribution in [2.24, 2.45) is 5.84 Å². The number of rotatable bonds is 6. The lowest BCUT2D eigenvalue weighted by atomic mass is 10.2. The molecule has 6 nitrogen and oxygen atoms in total. The van der Waals surface area contributed by atoms with Crippen LogP contribution in [0.1, 0.15) is 47.3 Å². The van der Waals surface area contributed by atoms with Crippen molar-refractivity contribution in [3.63, 3.8) is 0 Å². The SMILES string of the molecule is CC(C)c1cnc(C(=O)CCCN(N)C(=O)O)s1. The Morgan fingerprint density at radius 1 is 1.56 bits per heavy atom. The second-order valence-electron chi connectivity index (χ2n) is 4.23. The molecule has 18 heavy (non-hydrogen) atoms. The van der Waals surface area contributed by atoms with Crippen molar-refractivity contribution in [1.82, 2.24) is 9.99 Å². The molecule has 100 valence electrons. The fourth-order valence-electron chi connectivity index (χ4n) is 1.29. The van der Waals surface area contributed by atoms with Gasteiger partial charge in [-0.15, -0.1) is 11.3 Å². The number of nitrogens with zero attached hydrogens (tertiary/aromatic N) is 2. The predicted octanol–water partition coefficient (Wildman–Crippen LogP) is 2.08. The van der Waals surface area contributed by atoms with Gasteiger partial charge < -0.3 is 5.11 Å². The summed E-state index contributed by atoms with van der Waals surface area (Å²) in [5.41, 5.74) is 0. The highest BCUT2D eigenvalue weighted by Gasteiger charge is 2.13. The first-order valence-corrected chi connectivity index (χ1v) is 6.47. The Hall–Kier alpha value is -1.47. The molecule has 1 aromatic rings. The van der Waals surface area contributed by atoms with E-state index in [1.165, 1.54) is 11.3 Å². The van der Waals surface area contributed by atoms with Crippen molar-refractivity contribution >= 4 is 23.2 Å². The number of hydrogen-bond donors (Lipinski definition) is 2. The number of ketones is 1. The minimum Gasteiger partial charge on any atom is -0.464 e. The third-order valence-electron chi connectivity index (χ3n) is 2.38. The van der Waals surface area contributed by atoms with E-state index in [0.29, 0.717) is 22.4 Å². The van der Waals surface area contributed by atoms with Crippen molar-refractivity contribution in [2.45, 2.75) is 32.6 Å². The number of carboxylic acid groups (broad SMARTS) is 1. The Morgan fingerprint density at radius 2 is 2.22 bits per heavy atom. The van der Waals surface area contributed by atoms with Gasteiger partial charge in [-0.3, -0.25) is 4.79 Å². The predicted molar refractivity (Wildman–Crippen MR) is 68.7 cm³/mol. The summed E-state index contributed by atoms with van der Waals surface area (Å²) in [6.45, 7) is 4.23. The molecule has 7 heteroatoms. The zero-order valence-corrected chi connectivity index (χ0v) is 11.2. The van der Waals surface area contributed by atoms with E-state index in [0.717, 1.165) is 4.88 Å². The van der Waals surface area contributed by atoms with E-state index < -0.39 is 6.09 Å². The molecule has 0 radical (unpaired) electrons. The number of carbonyl (C=O) groups is 2. The van der Waals surface area contributed by atoms with Crippen LogP contribution in [-0.4, -0.2) is 33.5 Å². The molecule has 0 fully saturated rings. The highest BCUT2D eigenvalue weighted by Crippen LogP contribution is 2.22. The van der Waals surface area contributed by atoms with E-state index in [-0.39, 0.29) is 18.7 Å². The monoisotopic (exact) mass is 271 g/mol. The van der Waals surface area contributed by atoms with Gasteiger partial charge in [-0.2, -0.15) is 0 Å². The molecule has 0 aliphatic carbocycles. The topological polar surface area (TPSA) is 96.5 Å². The molecule has 0 unspecified atom stereocenters. The van der Waals surface area contributed by atoms with Crippen LogP contribution in [-0.2, 0) is 0 Å². The first-order valence-electron chi connectivity index (χ1n) is 5.66. The number of hydrogen-bond acceptors (Lipinski definition) is 5. The van der Waals surface area contributed by atoms with Crippen molar-refractivity contribution in [3.8, 4) is 0 Å². The standard InChI is InChI=1S/C11H17N3O3S/c1-7(2)9-6-13-10(18-9)8(15)4-3-5-14(12)11(16)17/h6-7H,3-5,12H2,1-2H3,(H,16,17). The van der Waals surface area contributed by atoms with Gasteiger partial charge in [-0.1, -0.05) is 13.8 Å². The van der Waals surface area contributed by atoms with E-state index in [9.17, 15) is 9.59 Å². The Kier molecular flexibility index (Phi) is 5.24. The summed E-state index contributed by atoms with van der Waals surface area (Å²) in [5, 5.41) is 9.69. The van der Waals surface area contributed by atoms with Gasteiger partial charge in [-0.05, 0) is 12.3 Å². The van der Waals surface area contributed by atoms with Crippen molar-refractivity contribution in [1.29, 1.82) is 0 Å². The maximum Gasteiger partial charge on any atom is 0.421 e. The summed E-state index contributed by atoms with van der Waals surface area (Å²) < 4.78 is 0. The summed E-state index contributed by atoms with van der Waals surface area (Å²) in [7, 11) is 0. The van der Waals surface area contributed by atoms with Gasteiger partial charge in [0.15, 0.2) is 10.8 Å². The normalized spacial score (nSPS) is 10.7. The number of hydrazine groups is 1. The molecule has 0 bridgehead atoms. The molecule has 3 N–H and O–H groups in total. The van der Waals surface area contributed by atoms with Gasteiger partial charge in [0.05, 0.1) is 0 Å². The van der Waals surface area contributed by atoms with Crippen LogP contribution < -0.4 is 5.84 Å². The third-order valence-corrected chi connectivity index (χ3v) is 3.72. The summed E-state index contributed by atoms with van der Waals surface area (Å²) in [5.74, 6) is 5.49. The average molecular weight is 271 g/mol. The van der Waals surface area contributed by atoms with Crippen LogP contribution in [0.2, 0.25) is 0 Å². The zero-order valence-electron chi connectivity index (χ0n) is 10.4. The molecule has 0 aliphatic heterocycles. The molecular weight excluding hydrogens is 254 g/mol. The van der Waals surface area contributed by atoms with Gasteiger partial charge in [0.25, 0.3) is 0 Å². The van der Waals surface area contributed by atoms with E-state index in [1.807, 2.05) is 13.8 Å². The fraction of sp³-hybridized carbons (Fsp3) is 0.545. The molecule has 1 aromatic heterocycles. The maximum atomic E-state index is 11.8. The first kappa shape index (κ1) is 14.6. The van der Waals surface area contributed by atoms with Gasteiger partial charge in [0.2, 0.25) is 0 Å². The van der Waals surface area contributed by atoms with Crippen LogP contribution in [0.5, 0.6) is 0 Å². The molecule has 0 aromatic carbocycles. The van der Waals surface area contributed by atoms with Gasteiger partial charge in [0.1, 0.15) is 0 Å². The highest BCUT2D eigenvalue weighted by atomic mass is 32.1. The number of Topliss-reactive ketones (excluding diaryl/α,β-unsaturated/α-hetero) is 1. The zero-order chi connectivity index (χ0) is 13.7. The van der Waals surface area contributed by atoms with E-state index in [1.54, 1.807) is 6.20 Å². The summed E-state index contributed by atoms with van der Waals surface area (Å²) in [6.07, 6.45) is 1.18. The maximum absolute atomic E-state index is 11.8. The Labute approximate surface area is 109 Å². The molecule has 0 saturated carbocycles. The quantitative estimate of drug-likeness (QED) is 0.357. The second-order valence-corrected chi connectivity index (χ2v) is 5.29. The van der Waals surface area contributed by atoms with Crippen molar-refractivity contribution < 1.29 is 14.7 Å². The first-order chi connectivity index (χ1) is 8.41. The smallest absolute Gasteiger partial charge is 0.421 e. The van der Waals surface area contributed by atoms with Crippen molar-refractivity contribution in [3.05, 3.63) is 16.1 Å². The van der Waals surface area contributed by atoms with Gasteiger partial charge >= 0.3 is 6.09 Å². The number of aromatic nitrogens is 1. The van der Waals surface area contributed by atoms with Crippen LogP contribution in [0, 0.1) is 0 Å².